The van der Waals surface area contributed by atoms with E-state index in [1.165, 1.54) is 289 Å². The Labute approximate surface area is 493 Å². The summed E-state index contributed by atoms with van der Waals surface area (Å²) in [7, 11) is 0. The number of allylic oxidation sites excluding steroid dienone is 8. The van der Waals surface area contributed by atoms with Crippen LogP contribution in [0, 0.1) is 0 Å². The van der Waals surface area contributed by atoms with E-state index in [0.717, 1.165) is 57.8 Å². The molecule has 0 spiro atoms. The lowest BCUT2D eigenvalue weighted by atomic mass is 10.0. The number of nitrogens with one attached hydrogen (secondary N) is 1. The van der Waals surface area contributed by atoms with E-state index in [0.29, 0.717) is 25.9 Å². The van der Waals surface area contributed by atoms with Crippen LogP contribution < -0.4 is 5.32 Å². The third-order valence-corrected chi connectivity index (χ3v) is 16.4. The number of aliphatic hydroxyl groups excluding tert-OH is 2. The summed E-state index contributed by atoms with van der Waals surface area (Å²) in [5.74, 6) is -0.0430. The second-order valence-corrected chi connectivity index (χ2v) is 24.2. The Morgan fingerprint density at radius 3 is 1.00 bits per heavy atom. The van der Waals surface area contributed by atoms with E-state index in [-0.39, 0.29) is 18.5 Å². The van der Waals surface area contributed by atoms with Crippen LogP contribution in [0.2, 0.25) is 0 Å². The van der Waals surface area contributed by atoms with Crippen LogP contribution in [0.5, 0.6) is 0 Å². The molecule has 0 radical (unpaired) electrons. The van der Waals surface area contributed by atoms with Gasteiger partial charge in [0.1, 0.15) is 0 Å². The van der Waals surface area contributed by atoms with Crippen LogP contribution in [0.15, 0.2) is 48.6 Å². The zero-order valence-corrected chi connectivity index (χ0v) is 53.1. The summed E-state index contributed by atoms with van der Waals surface area (Å²) >= 11 is 0. The van der Waals surface area contributed by atoms with Crippen LogP contribution in [0.1, 0.15) is 380 Å². The summed E-state index contributed by atoms with van der Waals surface area (Å²) in [6.45, 7) is 4.93. The first kappa shape index (κ1) is 76.8. The molecular formula is C73H137NO5. The van der Waals surface area contributed by atoms with Crippen LogP contribution in [0.25, 0.3) is 0 Å². The Morgan fingerprint density at radius 1 is 0.354 bits per heavy atom. The second-order valence-electron chi connectivity index (χ2n) is 24.2. The van der Waals surface area contributed by atoms with Gasteiger partial charge in [0.15, 0.2) is 0 Å². The molecule has 0 aromatic carbocycles. The molecule has 0 fully saturated rings. The lowest BCUT2D eigenvalue weighted by molar-refractivity contribution is -0.143. The third kappa shape index (κ3) is 64.8. The predicted molar refractivity (Wildman–Crippen MR) is 347 cm³/mol. The molecule has 464 valence electrons. The van der Waals surface area contributed by atoms with Crippen LogP contribution in [0.3, 0.4) is 0 Å². The topological polar surface area (TPSA) is 95.9 Å². The molecule has 0 aromatic rings. The minimum atomic E-state index is -0.671. The minimum absolute atomic E-state index is 0.00539. The summed E-state index contributed by atoms with van der Waals surface area (Å²) in [5, 5.41) is 23.4. The van der Waals surface area contributed by atoms with Gasteiger partial charge in [0.05, 0.1) is 25.4 Å². The zero-order chi connectivity index (χ0) is 57.1. The summed E-state index contributed by atoms with van der Waals surface area (Å²) in [5.41, 5.74) is 0. The first-order valence-electron chi connectivity index (χ1n) is 35.4. The Kier molecular flexibility index (Phi) is 66.4. The fraction of sp³-hybridized carbons (Fsp3) is 0.863. The van der Waals surface area contributed by atoms with Gasteiger partial charge in [0, 0.05) is 12.8 Å². The van der Waals surface area contributed by atoms with Crippen molar-refractivity contribution < 1.29 is 24.5 Å². The van der Waals surface area contributed by atoms with E-state index in [4.69, 9.17) is 4.74 Å². The van der Waals surface area contributed by atoms with Crippen molar-refractivity contribution in [1.29, 1.82) is 0 Å². The summed E-state index contributed by atoms with van der Waals surface area (Å²) in [4.78, 5) is 24.6. The standard InChI is InChI=1S/C73H137NO5/c1-3-5-7-9-11-13-15-17-19-20-21-22-26-29-32-35-38-41-45-49-53-57-61-65-71(76)70(69-75)74-72(77)66-62-58-54-50-46-42-39-36-33-30-27-24-23-25-28-31-34-37-40-44-48-52-56-60-64-68-79-73(78)67-63-59-55-51-47-43-18-16-14-12-10-8-6-4-2/h10,12,16,18,24-25,27-28,70-71,75-76H,3-9,11,13-15,17,19-23,26,29-69H2,1-2H3,(H,74,77)/b12-10-,18-16-,27-24-,28-25-. The van der Waals surface area contributed by atoms with Gasteiger partial charge in [-0.15, -0.1) is 0 Å². The molecule has 0 rings (SSSR count). The summed E-state index contributed by atoms with van der Waals surface area (Å²) < 4.78 is 5.47. The van der Waals surface area contributed by atoms with Crippen LogP contribution >= 0.6 is 0 Å². The number of ether oxygens (including phenoxy) is 1. The van der Waals surface area contributed by atoms with E-state index >= 15 is 0 Å². The maximum Gasteiger partial charge on any atom is 0.305 e. The van der Waals surface area contributed by atoms with E-state index in [1.807, 2.05) is 0 Å². The smallest absolute Gasteiger partial charge is 0.305 e. The van der Waals surface area contributed by atoms with Gasteiger partial charge >= 0.3 is 5.97 Å². The molecule has 0 saturated carbocycles. The molecule has 2 unspecified atom stereocenters. The SMILES string of the molecule is CCCC/C=C\C/C=C\CCCCCCCC(=O)OCCCCCCCCCCC/C=C\C/C=C\CCCCCCCCCCCC(=O)NC(CO)C(O)CCCCCCCCCCCCCCCCCCCCCCCCC. The number of amides is 1. The van der Waals surface area contributed by atoms with Crippen LogP contribution in [-0.4, -0.2) is 47.4 Å². The lowest BCUT2D eigenvalue weighted by Gasteiger charge is -2.22. The maximum atomic E-state index is 12.6. The second kappa shape index (κ2) is 68.3. The van der Waals surface area contributed by atoms with E-state index in [1.54, 1.807) is 0 Å². The fourth-order valence-electron chi connectivity index (χ4n) is 10.9. The minimum Gasteiger partial charge on any atom is -0.466 e. The highest BCUT2D eigenvalue weighted by atomic mass is 16.5. The van der Waals surface area contributed by atoms with Crippen molar-refractivity contribution in [1.82, 2.24) is 5.32 Å². The van der Waals surface area contributed by atoms with Gasteiger partial charge in [-0.05, 0) is 83.5 Å². The number of hydrogen-bond acceptors (Lipinski definition) is 5. The largest absolute Gasteiger partial charge is 0.466 e. The summed E-state index contributed by atoms with van der Waals surface area (Å²) in [6.07, 6.45) is 88.7. The quantitative estimate of drug-likeness (QED) is 0.0320. The Hall–Kier alpha value is -2.18. The van der Waals surface area contributed by atoms with Crippen molar-refractivity contribution in [2.45, 2.75) is 392 Å². The van der Waals surface area contributed by atoms with Gasteiger partial charge < -0.3 is 20.3 Å². The molecule has 0 bridgehead atoms. The van der Waals surface area contributed by atoms with E-state index in [2.05, 4.69) is 67.8 Å². The highest BCUT2D eigenvalue weighted by molar-refractivity contribution is 5.76. The van der Waals surface area contributed by atoms with Gasteiger partial charge in [-0.3, -0.25) is 9.59 Å². The molecule has 0 aliphatic carbocycles. The van der Waals surface area contributed by atoms with E-state index in [9.17, 15) is 19.8 Å². The maximum absolute atomic E-state index is 12.6. The molecule has 79 heavy (non-hydrogen) atoms. The third-order valence-electron chi connectivity index (χ3n) is 16.4. The number of unbranched alkanes of at least 4 members (excludes halogenated alkanes) is 47. The Bertz CT molecular complexity index is 1320. The van der Waals surface area contributed by atoms with Crippen molar-refractivity contribution in [3.05, 3.63) is 48.6 Å². The number of esters is 1. The molecule has 0 heterocycles. The molecule has 1 amide bonds. The zero-order valence-electron chi connectivity index (χ0n) is 53.1. The lowest BCUT2D eigenvalue weighted by Crippen LogP contribution is -2.45. The number of aliphatic hydroxyl groups is 2. The van der Waals surface area contributed by atoms with Gasteiger partial charge in [-0.1, -0.05) is 332 Å². The van der Waals surface area contributed by atoms with Gasteiger partial charge in [-0.2, -0.15) is 0 Å². The molecule has 3 N–H and O–H groups in total. The molecule has 6 heteroatoms. The van der Waals surface area contributed by atoms with Crippen molar-refractivity contribution in [2.24, 2.45) is 0 Å². The Balaban J connectivity index is 3.44. The number of carbonyl (C=O) groups is 2. The molecular weight excluding hydrogens is 971 g/mol. The van der Waals surface area contributed by atoms with Crippen molar-refractivity contribution >= 4 is 11.9 Å². The number of carbonyl (C=O) groups excluding carboxylic acids is 2. The Morgan fingerprint density at radius 2 is 0.646 bits per heavy atom. The van der Waals surface area contributed by atoms with Crippen LogP contribution in [-0.2, 0) is 14.3 Å². The van der Waals surface area contributed by atoms with Crippen LogP contribution in [0.4, 0.5) is 0 Å². The average molecular weight is 1110 g/mol. The first-order valence-corrected chi connectivity index (χ1v) is 35.4. The molecule has 0 aliphatic rings. The first-order chi connectivity index (χ1) is 39.0. The highest BCUT2D eigenvalue weighted by Gasteiger charge is 2.20. The van der Waals surface area contributed by atoms with Gasteiger partial charge in [0.25, 0.3) is 0 Å². The molecule has 6 nitrogen and oxygen atoms in total. The molecule has 0 saturated heterocycles. The molecule has 0 aliphatic heterocycles. The molecule has 0 aromatic heterocycles. The number of rotatable bonds is 66. The van der Waals surface area contributed by atoms with Crippen molar-refractivity contribution in [2.75, 3.05) is 13.2 Å². The van der Waals surface area contributed by atoms with Crippen molar-refractivity contribution in [3.63, 3.8) is 0 Å². The average Bonchev–Trinajstić information content (AvgIpc) is 3.45. The molecule has 2 atom stereocenters. The van der Waals surface area contributed by atoms with Gasteiger partial charge in [0.2, 0.25) is 5.91 Å². The van der Waals surface area contributed by atoms with Gasteiger partial charge in [-0.25, -0.2) is 0 Å². The fourth-order valence-corrected chi connectivity index (χ4v) is 10.9. The normalized spacial score (nSPS) is 12.8. The van der Waals surface area contributed by atoms with E-state index < -0.39 is 12.1 Å². The summed E-state index contributed by atoms with van der Waals surface area (Å²) in [6, 6.07) is -0.548. The van der Waals surface area contributed by atoms with Crippen molar-refractivity contribution in [3.8, 4) is 0 Å². The number of hydrogen-bond donors (Lipinski definition) is 3. The predicted octanol–water partition coefficient (Wildman–Crippen LogP) is 22.9. The highest BCUT2D eigenvalue weighted by Crippen LogP contribution is 2.18. The monoisotopic (exact) mass is 1110 g/mol.